The molecule has 0 spiro atoms. The number of aliphatic hydroxyl groups is 1. The molecule has 2 rings (SSSR count). The highest BCUT2D eigenvalue weighted by Gasteiger charge is 2.48. The summed E-state index contributed by atoms with van der Waals surface area (Å²) in [6.45, 7) is 5.73. The van der Waals surface area contributed by atoms with Gasteiger partial charge in [-0.3, -0.25) is 0 Å². The van der Waals surface area contributed by atoms with E-state index in [0.717, 1.165) is 5.57 Å². The fraction of sp³-hybridized carbons (Fsp3) is 0.769. The summed E-state index contributed by atoms with van der Waals surface area (Å²) >= 11 is 0. The monoisotopic (exact) mass is 208 g/mol. The summed E-state index contributed by atoms with van der Waals surface area (Å²) in [5.41, 5.74) is 0.952. The third-order valence-electron chi connectivity index (χ3n) is 4.29. The number of hydrogen-bond acceptors (Lipinski definition) is 2. The lowest BCUT2D eigenvalue weighted by Crippen LogP contribution is -2.26. The van der Waals surface area contributed by atoms with Gasteiger partial charge < -0.3 is 9.90 Å². The minimum Gasteiger partial charge on any atom is -0.392 e. The van der Waals surface area contributed by atoms with Crippen LogP contribution in [0.5, 0.6) is 0 Å². The van der Waals surface area contributed by atoms with Gasteiger partial charge >= 0.3 is 0 Å². The molecular weight excluding hydrogens is 188 g/mol. The van der Waals surface area contributed by atoms with Crippen molar-refractivity contribution in [2.75, 3.05) is 6.61 Å². The van der Waals surface area contributed by atoms with Crippen LogP contribution in [0.25, 0.3) is 0 Å². The lowest BCUT2D eigenvalue weighted by atomic mass is 9.73. The Balaban J connectivity index is 2.12. The Morgan fingerprint density at radius 1 is 1.40 bits per heavy atom. The average Bonchev–Trinajstić information content (AvgIpc) is 2.76. The molecule has 0 radical (unpaired) electrons. The van der Waals surface area contributed by atoms with Crippen LogP contribution in [0.3, 0.4) is 0 Å². The summed E-state index contributed by atoms with van der Waals surface area (Å²) in [5, 5.41) is 9.19. The Morgan fingerprint density at radius 3 is 2.67 bits per heavy atom. The molecular formula is C13H20O2. The van der Waals surface area contributed by atoms with Crippen LogP contribution in [0.15, 0.2) is 12.2 Å². The van der Waals surface area contributed by atoms with Gasteiger partial charge in [-0.1, -0.05) is 6.58 Å². The average molecular weight is 208 g/mol. The van der Waals surface area contributed by atoms with E-state index in [4.69, 9.17) is 0 Å². The van der Waals surface area contributed by atoms with E-state index < -0.39 is 0 Å². The van der Waals surface area contributed by atoms with Crippen molar-refractivity contribution in [2.45, 2.75) is 32.6 Å². The van der Waals surface area contributed by atoms with Crippen molar-refractivity contribution in [2.24, 2.45) is 23.7 Å². The summed E-state index contributed by atoms with van der Waals surface area (Å²) in [7, 11) is 0. The third kappa shape index (κ3) is 1.87. The van der Waals surface area contributed by atoms with Gasteiger partial charge in [0.15, 0.2) is 0 Å². The van der Waals surface area contributed by atoms with E-state index in [1.54, 1.807) is 6.92 Å². The predicted molar refractivity (Wildman–Crippen MR) is 59.3 cm³/mol. The first-order chi connectivity index (χ1) is 7.13. The molecule has 1 N–H and O–H groups in total. The van der Waals surface area contributed by atoms with E-state index in [-0.39, 0.29) is 12.4 Å². The quantitative estimate of drug-likeness (QED) is 0.719. The Bertz CT molecular complexity index is 282. The first-order valence-electron chi connectivity index (χ1n) is 5.91. The van der Waals surface area contributed by atoms with Crippen molar-refractivity contribution in [1.29, 1.82) is 0 Å². The van der Waals surface area contributed by atoms with E-state index in [0.29, 0.717) is 30.1 Å². The maximum atomic E-state index is 11.2. The van der Waals surface area contributed by atoms with Crippen LogP contribution in [0.1, 0.15) is 32.6 Å². The van der Waals surface area contributed by atoms with Crippen molar-refractivity contribution in [3.05, 3.63) is 12.2 Å². The second-order valence-electron chi connectivity index (χ2n) is 5.25. The number of Topliss-reactive ketones (excluding diaryl/α,β-unsaturated/α-hetero) is 1. The van der Waals surface area contributed by atoms with E-state index in [9.17, 15) is 9.90 Å². The number of ketones is 1. The molecule has 0 aromatic rings. The molecule has 0 aromatic heterocycles. The highest BCUT2D eigenvalue weighted by Crippen LogP contribution is 2.55. The molecule has 15 heavy (non-hydrogen) atoms. The number of carbonyl (C=O) groups excluding carboxylic acids is 1. The Morgan fingerprint density at radius 2 is 2.07 bits per heavy atom. The van der Waals surface area contributed by atoms with Crippen molar-refractivity contribution in [3.63, 3.8) is 0 Å². The molecule has 2 bridgehead atoms. The first kappa shape index (κ1) is 10.9. The summed E-state index contributed by atoms with van der Waals surface area (Å²) in [5.74, 6) is 2.58. The molecule has 2 saturated carbocycles. The zero-order valence-electron chi connectivity index (χ0n) is 9.41. The molecule has 2 nitrogen and oxygen atoms in total. The number of fused-ring (bicyclic) bond motifs is 2. The summed E-state index contributed by atoms with van der Waals surface area (Å²) in [6.07, 6.45) is 4.48. The van der Waals surface area contributed by atoms with Gasteiger partial charge in [-0.05, 0) is 55.4 Å². The number of carbonyl (C=O) groups is 1. The SMILES string of the molecule is C=C(CO)C1C2CCC(C2)C1CC(C)=O. The molecule has 2 fully saturated rings. The predicted octanol–water partition coefficient (Wildman–Crippen LogP) is 2.18. The van der Waals surface area contributed by atoms with Gasteiger partial charge in [0.1, 0.15) is 5.78 Å². The second kappa shape index (κ2) is 4.09. The second-order valence-corrected chi connectivity index (χ2v) is 5.25. The Hall–Kier alpha value is -0.630. The summed E-state index contributed by atoms with van der Waals surface area (Å²) in [6, 6.07) is 0. The molecule has 0 amide bonds. The van der Waals surface area contributed by atoms with Crippen molar-refractivity contribution < 1.29 is 9.90 Å². The van der Waals surface area contributed by atoms with Crippen LogP contribution >= 0.6 is 0 Å². The normalized spacial score (nSPS) is 38.3. The van der Waals surface area contributed by atoms with Crippen molar-refractivity contribution in [3.8, 4) is 0 Å². The maximum absolute atomic E-state index is 11.2. The van der Waals surface area contributed by atoms with Gasteiger partial charge in [0.05, 0.1) is 6.61 Å². The molecule has 4 unspecified atom stereocenters. The number of hydrogen-bond donors (Lipinski definition) is 1. The molecule has 2 heteroatoms. The van der Waals surface area contributed by atoms with E-state index in [1.807, 2.05) is 0 Å². The molecule has 4 atom stereocenters. The molecule has 2 aliphatic rings. The van der Waals surface area contributed by atoms with Crippen LogP contribution in [-0.2, 0) is 4.79 Å². The lowest BCUT2D eigenvalue weighted by Gasteiger charge is -2.31. The smallest absolute Gasteiger partial charge is 0.130 e. The number of aliphatic hydroxyl groups excluding tert-OH is 1. The van der Waals surface area contributed by atoms with Crippen molar-refractivity contribution >= 4 is 5.78 Å². The molecule has 0 aromatic carbocycles. The van der Waals surface area contributed by atoms with Crippen LogP contribution < -0.4 is 0 Å². The third-order valence-corrected chi connectivity index (χ3v) is 4.29. The molecule has 0 aliphatic heterocycles. The lowest BCUT2D eigenvalue weighted by molar-refractivity contribution is -0.118. The van der Waals surface area contributed by atoms with Gasteiger partial charge in [0.25, 0.3) is 0 Å². The fourth-order valence-electron chi connectivity index (χ4n) is 3.78. The highest BCUT2D eigenvalue weighted by molar-refractivity contribution is 5.75. The van der Waals surface area contributed by atoms with Gasteiger partial charge in [0, 0.05) is 6.42 Å². The topological polar surface area (TPSA) is 37.3 Å². The number of rotatable bonds is 4. The van der Waals surface area contributed by atoms with Crippen LogP contribution in [0, 0.1) is 23.7 Å². The maximum Gasteiger partial charge on any atom is 0.130 e. The van der Waals surface area contributed by atoms with E-state index in [2.05, 4.69) is 6.58 Å². The zero-order chi connectivity index (χ0) is 11.0. The molecule has 0 saturated heterocycles. The van der Waals surface area contributed by atoms with Gasteiger partial charge in [-0.25, -0.2) is 0 Å². The van der Waals surface area contributed by atoms with Crippen LogP contribution in [0.2, 0.25) is 0 Å². The Labute approximate surface area is 91.4 Å². The Kier molecular flexibility index (Phi) is 2.96. The molecule has 0 heterocycles. The van der Waals surface area contributed by atoms with E-state index in [1.165, 1.54) is 19.3 Å². The molecule has 2 aliphatic carbocycles. The minimum atomic E-state index is 0.0856. The van der Waals surface area contributed by atoms with Crippen LogP contribution in [0.4, 0.5) is 0 Å². The fourth-order valence-corrected chi connectivity index (χ4v) is 3.78. The standard InChI is InChI=1S/C13H20O2/c1-8(7-14)13-11-4-3-10(6-11)12(13)5-9(2)15/h10-14H,1,3-7H2,2H3. The van der Waals surface area contributed by atoms with Crippen LogP contribution in [-0.4, -0.2) is 17.5 Å². The summed E-state index contributed by atoms with van der Waals surface area (Å²) < 4.78 is 0. The summed E-state index contributed by atoms with van der Waals surface area (Å²) in [4.78, 5) is 11.2. The highest BCUT2D eigenvalue weighted by atomic mass is 16.3. The minimum absolute atomic E-state index is 0.0856. The van der Waals surface area contributed by atoms with Gasteiger partial charge in [0.2, 0.25) is 0 Å². The van der Waals surface area contributed by atoms with Gasteiger partial charge in [-0.15, -0.1) is 0 Å². The van der Waals surface area contributed by atoms with E-state index >= 15 is 0 Å². The molecule has 84 valence electrons. The first-order valence-corrected chi connectivity index (χ1v) is 5.91. The largest absolute Gasteiger partial charge is 0.392 e. The van der Waals surface area contributed by atoms with Crippen molar-refractivity contribution in [1.82, 2.24) is 0 Å². The van der Waals surface area contributed by atoms with Gasteiger partial charge in [-0.2, -0.15) is 0 Å². The zero-order valence-corrected chi connectivity index (χ0v) is 9.41.